The van der Waals surface area contributed by atoms with E-state index in [-0.39, 0.29) is 0 Å². The Bertz CT molecular complexity index is 1960. The van der Waals surface area contributed by atoms with E-state index in [9.17, 15) is 0 Å². The summed E-state index contributed by atoms with van der Waals surface area (Å²) in [6.07, 6.45) is 7.46. The number of rotatable bonds is 11. The van der Waals surface area contributed by atoms with E-state index in [2.05, 4.69) is 9.97 Å². The van der Waals surface area contributed by atoms with Crippen molar-refractivity contribution in [3.05, 3.63) is 170 Å². The normalized spacial score (nSPS) is 12.5. The predicted molar refractivity (Wildman–Crippen MR) is 189 cm³/mol. The van der Waals surface area contributed by atoms with Crippen molar-refractivity contribution in [1.29, 1.82) is 0 Å². The molecule has 2 heterocycles. The van der Waals surface area contributed by atoms with Crippen LogP contribution < -0.4 is 10.6 Å². The van der Waals surface area contributed by atoms with Gasteiger partial charge in [-0.1, -0.05) is 107 Å². The van der Waals surface area contributed by atoms with Gasteiger partial charge in [-0.2, -0.15) is 0 Å². The van der Waals surface area contributed by atoms with Crippen molar-refractivity contribution >= 4 is 58.3 Å². The summed E-state index contributed by atoms with van der Waals surface area (Å²) < 4.78 is 3.74. The molecule has 47 heavy (non-hydrogen) atoms. The molecular weight excluding hydrogens is 674 g/mol. The minimum atomic E-state index is -1.71. The number of nitrogens with two attached hydrogens (primary N) is 1. The van der Waals surface area contributed by atoms with Crippen LogP contribution in [0.5, 0.6) is 0 Å². The monoisotopic (exact) mass is 702 g/mol. The standard InChI is InChI=1S/C36H30Cl4N6O/c37-29-17-26(18-30(38)21-29)23-44-15-12-42-33(44)36(41,28-9-5-2-6-10-28)34(47)46(14-11-25-7-3-1-4-8-25)35-43-13-16-45(35)24-27-19-31(39)22-32(40)20-27/h1-10,12-13,15-22H,11,14,23-24,41H2. The number of imidazole rings is 2. The summed E-state index contributed by atoms with van der Waals surface area (Å²) in [6.45, 7) is 1.01. The second-order valence-electron chi connectivity index (χ2n) is 11.2. The van der Waals surface area contributed by atoms with Gasteiger partial charge in [0.15, 0.2) is 5.54 Å². The van der Waals surface area contributed by atoms with E-state index in [1.54, 1.807) is 35.6 Å². The zero-order chi connectivity index (χ0) is 33.0. The van der Waals surface area contributed by atoms with E-state index in [0.29, 0.717) is 63.5 Å². The lowest BCUT2D eigenvalue weighted by atomic mass is 9.88. The molecule has 11 heteroatoms. The lowest BCUT2D eigenvalue weighted by Crippen LogP contribution is -2.56. The van der Waals surface area contributed by atoms with E-state index >= 15 is 4.79 Å². The third-order valence-electron chi connectivity index (χ3n) is 7.83. The predicted octanol–water partition coefficient (Wildman–Crippen LogP) is 8.27. The molecular formula is C36H30Cl4N6O. The summed E-state index contributed by atoms with van der Waals surface area (Å²) in [5.74, 6) is 0.384. The molecule has 2 aromatic heterocycles. The lowest BCUT2D eigenvalue weighted by Gasteiger charge is -2.34. The van der Waals surface area contributed by atoms with Crippen LogP contribution in [0.4, 0.5) is 5.95 Å². The molecule has 6 aromatic rings. The summed E-state index contributed by atoms with van der Waals surface area (Å²) in [4.78, 5) is 26.2. The number of hydrogen-bond donors (Lipinski definition) is 1. The first-order valence-corrected chi connectivity index (χ1v) is 16.3. The molecule has 0 saturated heterocycles. The maximum absolute atomic E-state index is 15.2. The van der Waals surface area contributed by atoms with Crippen molar-refractivity contribution in [3.63, 3.8) is 0 Å². The molecule has 0 aliphatic carbocycles. The summed E-state index contributed by atoms with van der Waals surface area (Å²) in [5, 5.41) is 2.05. The molecule has 0 fully saturated rings. The smallest absolute Gasteiger partial charge is 0.261 e. The van der Waals surface area contributed by atoms with E-state index in [4.69, 9.17) is 52.1 Å². The summed E-state index contributed by atoms with van der Waals surface area (Å²) >= 11 is 25.3. The van der Waals surface area contributed by atoms with Gasteiger partial charge in [0.2, 0.25) is 5.95 Å². The molecule has 1 amide bonds. The fourth-order valence-electron chi connectivity index (χ4n) is 5.69. The first kappa shape index (κ1) is 32.8. The largest absolute Gasteiger partial charge is 0.328 e. The Labute approximate surface area is 293 Å². The molecule has 6 rings (SSSR count). The average Bonchev–Trinajstić information content (AvgIpc) is 3.70. The van der Waals surface area contributed by atoms with Crippen molar-refractivity contribution in [2.75, 3.05) is 11.4 Å². The van der Waals surface area contributed by atoms with E-state index in [1.165, 1.54) is 0 Å². The van der Waals surface area contributed by atoms with Crippen molar-refractivity contribution in [2.45, 2.75) is 25.0 Å². The minimum Gasteiger partial charge on any atom is -0.328 e. The van der Waals surface area contributed by atoms with E-state index < -0.39 is 11.4 Å². The van der Waals surface area contributed by atoms with Crippen molar-refractivity contribution in [1.82, 2.24) is 19.1 Å². The molecule has 0 radical (unpaired) electrons. The Hall–Kier alpha value is -4.11. The van der Waals surface area contributed by atoms with Gasteiger partial charge in [0.25, 0.3) is 5.91 Å². The van der Waals surface area contributed by atoms with E-state index in [1.807, 2.05) is 100 Å². The average molecular weight is 704 g/mol. The van der Waals surface area contributed by atoms with Crippen LogP contribution in [0.1, 0.15) is 28.1 Å². The lowest BCUT2D eigenvalue weighted by molar-refractivity contribution is -0.123. The van der Waals surface area contributed by atoms with Gasteiger partial charge < -0.3 is 14.9 Å². The molecule has 1 atom stereocenters. The molecule has 0 aliphatic heterocycles. The molecule has 238 valence electrons. The zero-order valence-electron chi connectivity index (χ0n) is 25.1. The summed E-state index contributed by atoms with van der Waals surface area (Å²) in [6, 6.07) is 29.9. The molecule has 0 bridgehead atoms. The molecule has 0 aliphatic rings. The maximum atomic E-state index is 15.2. The number of halogens is 4. The van der Waals surface area contributed by atoms with Crippen molar-refractivity contribution in [3.8, 4) is 0 Å². The quantitative estimate of drug-likeness (QED) is 0.147. The van der Waals surface area contributed by atoms with Crippen LogP contribution in [0, 0.1) is 0 Å². The van der Waals surface area contributed by atoms with Crippen LogP contribution in [0.25, 0.3) is 0 Å². The van der Waals surface area contributed by atoms with Crippen molar-refractivity contribution in [2.24, 2.45) is 5.73 Å². The van der Waals surface area contributed by atoms with Crippen molar-refractivity contribution < 1.29 is 4.79 Å². The summed E-state index contributed by atoms with van der Waals surface area (Å²) in [5.41, 5.74) is 8.98. The highest BCUT2D eigenvalue weighted by molar-refractivity contribution is 6.35. The number of nitrogens with zero attached hydrogens (tertiary/aromatic N) is 5. The van der Waals surface area contributed by atoms with Crippen LogP contribution in [0.3, 0.4) is 0 Å². The van der Waals surface area contributed by atoms with Gasteiger partial charge in [-0.25, -0.2) is 9.97 Å². The molecule has 7 nitrogen and oxygen atoms in total. The number of hydrogen-bond acceptors (Lipinski definition) is 4. The fraction of sp³-hybridized carbons (Fsp3) is 0.139. The second-order valence-corrected chi connectivity index (χ2v) is 12.9. The van der Waals surface area contributed by atoms with Gasteiger partial charge in [0, 0.05) is 58.0 Å². The number of anilines is 1. The Morgan fingerprint density at radius 2 is 1.19 bits per heavy atom. The first-order valence-electron chi connectivity index (χ1n) is 14.8. The number of carbonyl (C=O) groups excluding carboxylic acids is 1. The minimum absolute atomic E-state index is 0.298. The van der Waals surface area contributed by atoms with Crippen LogP contribution in [0.15, 0.2) is 122 Å². The number of amides is 1. The number of aromatic nitrogens is 4. The van der Waals surface area contributed by atoms with Gasteiger partial charge in [-0.3, -0.25) is 9.69 Å². The van der Waals surface area contributed by atoms with Gasteiger partial charge in [-0.05, 0) is 65.1 Å². The highest BCUT2D eigenvalue weighted by Crippen LogP contribution is 2.32. The van der Waals surface area contributed by atoms with Gasteiger partial charge in [-0.15, -0.1) is 0 Å². The Morgan fingerprint density at radius 3 is 1.79 bits per heavy atom. The van der Waals surface area contributed by atoms with Crippen LogP contribution in [0.2, 0.25) is 20.1 Å². The zero-order valence-corrected chi connectivity index (χ0v) is 28.1. The fourth-order valence-corrected chi connectivity index (χ4v) is 6.83. The topological polar surface area (TPSA) is 82.0 Å². The van der Waals surface area contributed by atoms with Gasteiger partial charge >= 0.3 is 0 Å². The SMILES string of the molecule is NC(C(=O)N(CCc1ccccc1)c1nccn1Cc1cc(Cl)cc(Cl)c1)(c1ccccc1)c1nccn1Cc1cc(Cl)cc(Cl)c1. The molecule has 0 saturated carbocycles. The van der Waals surface area contributed by atoms with Gasteiger partial charge in [0.05, 0.1) is 6.54 Å². The first-order chi connectivity index (χ1) is 22.7. The Balaban J connectivity index is 1.45. The van der Waals surface area contributed by atoms with E-state index in [0.717, 1.165) is 16.7 Å². The second kappa shape index (κ2) is 14.3. The third kappa shape index (κ3) is 7.40. The number of carbonyl (C=O) groups is 1. The highest BCUT2D eigenvalue weighted by atomic mass is 35.5. The number of benzene rings is 4. The molecule has 4 aromatic carbocycles. The van der Waals surface area contributed by atoms with Gasteiger partial charge in [0.1, 0.15) is 5.82 Å². The molecule has 0 spiro atoms. The van der Waals surface area contributed by atoms with Crippen LogP contribution in [-0.4, -0.2) is 31.6 Å². The highest BCUT2D eigenvalue weighted by Gasteiger charge is 2.45. The third-order valence-corrected chi connectivity index (χ3v) is 8.71. The van der Waals surface area contributed by atoms with Crippen LogP contribution in [-0.2, 0) is 29.8 Å². The molecule has 2 N–H and O–H groups in total. The van der Waals surface area contributed by atoms with Crippen LogP contribution >= 0.6 is 46.4 Å². The summed E-state index contributed by atoms with van der Waals surface area (Å²) in [7, 11) is 0. The molecule has 1 unspecified atom stereocenters. The Morgan fingerprint density at radius 1 is 0.681 bits per heavy atom. The maximum Gasteiger partial charge on any atom is 0.261 e. The Kier molecular flexibility index (Phi) is 10.0.